The van der Waals surface area contributed by atoms with Crippen molar-refractivity contribution in [2.45, 2.75) is 26.4 Å². The van der Waals surface area contributed by atoms with E-state index >= 15 is 0 Å². The number of rotatable bonds is 8. The summed E-state index contributed by atoms with van der Waals surface area (Å²) in [6.07, 6.45) is -0.173. The summed E-state index contributed by atoms with van der Waals surface area (Å²) in [5, 5.41) is 5.79. The number of nitrogens with one attached hydrogen (secondary N) is 2. The molecule has 0 spiro atoms. The number of carbonyl (C=O) groups excluding carboxylic acids is 2. The molecule has 0 aliphatic rings. The van der Waals surface area contributed by atoms with Gasteiger partial charge < -0.3 is 21.1 Å². The number of carbonyl (C=O) groups is 2. The SMILES string of the molecule is COC(CN)CC(=O)Nc1ccc(C(=O)NCC(C)C)c(Cl)c1. The lowest BCUT2D eigenvalue weighted by molar-refractivity contribution is -0.118. The fourth-order valence-electron chi connectivity index (χ4n) is 1.85. The van der Waals surface area contributed by atoms with Crippen molar-refractivity contribution in [3.05, 3.63) is 28.8 Å². The van der Waals surface area contributed by atoms with E-state index in [9.17, 15) is 9.59 Å². The van der Waals surface area contributed by atoms with Crippen LogP contribution in [0, 0.1) is 5.92 Å². The first-order valence-electron chi connectivity index (χ1n) is 7.47. The highest BCUT2D eigenvalue weighted by Gasteiger charge is 2.14. The Morgan fingerprint density at radius 2 is 2.04 bits per heavy atom. The molecule has 0 aliphatic carbocycles. The van der Waals surface area contributed by atoms with Crippen LogP contribution in [-0.4, -0.2) is 38.1 Å². The second kappa shape index (κ2) is 9.50. The van der Waals surface area contributed by atoms with Crippen molar-refractivity contribution < 1.29 is 14.3 Å². The molecule has 0 radical (unpaired) electrons. The number of hydrogen-bond acceptors (Lipinski definition) is 4. The van der Waals surface area contributed by atoms with Crippen LogP contribution in [-0.2, 0) is 9.53 Å². The van der Waals surface area contributed by atoms with Gasteiger partial charge in [0.05, 0.1) is 23.1 Å². The molecule has 0 fully saturated rings. The molecule has 2 amide bonds. The molecule has 0 saturated heterocycles. The number of nitrogens with two attached hydrogens (primary N) is 1. The van der Waals surface area contributed by atoms with Gasteiger partial charge in [0, 0.05) is 25.9 Å². The number of amides is 2. The monoisotopic (exact) mass is 341 g/mol. The third-order valence-electron chi connectivity index (χ3n) is 3.18. The number of hydrogen-bond donors (Lipinski definition) is 3. The summed E-state index contributed by atoms with van der Waals surface area (Å²) in [6.45, 7) is 4.86. The van der Waals surface area contributed by atoms with Crippen molar-refractivity contribution in [3.63, 3.8) is 0 Å². The predicted molar refractivity (Wildman–Crippen MR) is 91.7 cm³/mol. The van der Waals surface area contributed by atoms with Gasteiger partial charge in [0.15, 0.2) is 0 Å². The van der Waals surface area contributed by atoms with Gasteiger partial charge in [-0.3, -0.25) is 9.59 Å². The highest BCUT2D eigenvalue weighted by molar-refractivity contribution is 6.34. The van der Waals surface area contributed by atoms with Gasteiger partial charge in [0.2, 0.25) is 5.91 Å². The minimum Gasteiger partial charge on any atom is -0.380 e. The Morgan fingerprint density at radius 3 is 2.57 bits per heavy atom. The van der Waals surface area contributed by atoms with E-state index in [2.05, 4.69) is 10.6 Å². The fourth-order valence-corrected chi connectivity index (χ4v) is 2.12. The molecule has 23 heavy (non-hydrogen) atoms. The van der Waals surface area contributed by atoms with E-state index in [1.54, 1.807) is 18.2 Å². The Kier molecular flexibility index (Phi) is 8.02. The standard InChI is InChI=1S/C16H24ClN3O3/c1-10(2)9-19-16(22)13-5-4-11(6-14(13)17)20-15(21)7-12(8-18)23-3/h4-6,10,12H,7-9,18H2,1-3H3,(H,19,22)(H,20,21). The molecular weight excluding hydrogens is 318 g/mol. The Labute approximate surface area is 141 Å². The minimum absolute atomic E-state index is 0.154. The van der Waals surface area contributed by atoms with Crippen LogP contribution < -0.4 is 16.4 Å². The lowest BCUT2D eigenvalue weighted by Gasteiger charge is -2.13. The van der Waals surface area contributed by atoms with Crippen LogP contribution in [0.15, 0.2) is 18.2 Å². The number of benzene rings is 1. The van der Waals surface area contributed by atoms with E-state index < -0.39 is 0 Å². The molecule has 128 valence electrons. The molecule has 0 bridgehead atoms. The van der Waals surface area contributed by atoms with Crippen molar-refractivity contribution in [2.75, 3.05) is 25.5 Å². The van der Waals surface area contributed by atoms with E-state index in [0.29, 0.717) is 23.7 Å². The first-order chi connectivity index (χ1) is 10.9. The van der Waals surface area contributed by atoms with Gasteiger partial charge >= 0.3 is 0 Å². The molecule has 1 unspecified atom stereocenters. The van der Waals surface area contributed by atoms with E-state index in [1.807, 2.05) is 13.8 Å². The molecule has 1 atom stereocenters. The lowest BCUT2D eigenvalue weighted by atomic mass is 10.1. The first-order valence-corrected chi connectivity index (χ1v) is 7.85. The normalized spacial score (nSPS) is 12.1. The zero-order valence-corrected chi connectivity index (χ0v) is 14.4. The molecule has 6 nitrogen and oxygen atoms in total. The molecule has 4 N–H and O–H groups in total. The summed E-state index contributed by atoms with van der Waals surface area (Å²) in [7, 11) is 1.51. The molecule has 1 aromatic rings. The molecule has 1 rings (SSSR count). The Hall–Kier alpha value is -1.63. The highest BCUT2D eigenvalue weighted by Crippen LogP contribution is 2.21. The van der Waals surface area contributed by atoms with Gasteiger partial charge in [-0.2, -0.15) is 0 Å². The summed E-state index contributed by atoms with van der Waals surface area (Å²) >= 11 is 6.13. The van der Waals surface area contributed by atoms with E-state index in [0.717, 1.165) is 0 Å². The molecule has 1 aromatic carbocycles. The van der Waals surface area contributed by atoms with Gasteiger partial charge in [-0.15, -0.1) is 0 Å². The Bertz CT molecular complexity index is 545. The second-order valence-corrected chi connectivity index (χ2v) is 6.05. The van der Waals surface area contributed by atoms with Crippen molar-refractivity contribution >= 4 is 29.1 Å². The molecular formula is C16H24ClN3O3. The van der Waals surface area contributed by atoms with Gasteiger partial charge in [-0.1, -0.05) is 25.4 Å². The predicted octanol–water partition coefficient (Wildman–Crippen LogP) is 2.03. The third-order valence-corrected chi connectivity index (χ3v) is 3.49. The zero-order valence-electron chi connectivity index (χ0n) is 13.7. The summed E-state index contributed by atoms with van der Waals surface area (Å²) in [4.78, 5) is 23.9. The second-order valence-electron chi connectivity index (χ2n) is 5.64. The highest BCUT2D eigenvalue weighted by atomic mass is 35.5. The number of halogens is 1. The lowest BCUT2D eigenvalue weighted by Crippen LogP contribution is -2.28. The van der Waals surface area contributed by atoms with E-state index in [4.69, 9.17) is 22.1 Å². The third kappa shape index (κ3) is 6.56. The van der Waals surface area contributed by atoms with Crippen LogP contribution in [0.1, 0.15) is 30.6 Å². The summed E-state index contributed by atoms with van der Waals surface area (Å²) in [5.74, 6) is -0.105. The minimum atomic E-state index is -0.327. The van der Waals surface area contributed by atoms with Crippen LogP contribution >= 0.6 is 11.6 Å². The van der Waals surface area contributed by atoms with Crippen molar-refractivity contribution in [2.24, 2.45) is 11.7 Å². The molecule has 0 heterocycles. The van der Waals surface area contributed by atoms with Crippen molar-refractivity contribution in [1.82, 2.24) is 5.32 Å². The van der Waals surface area contributed by atoms with Crippen LogP contribution in [0.5, 0.6) is 0 Å². The molecule has 7 heteroatoms. The quantitative estimate of drug-likeness (QED) is 0.674. The number of ether oxygens (including phenoxy) is 1. The maximum atomic E-state index is 12.0. The fraction of sp³-hybridized carbons (Fsp3) is 0.500. The van der Waals surface area contributed by atoms with Crippen molar-refractivity contribution in [3.8, 4) is 0 Å². The largest absolute Gasteiger partial charge is 0.380 e. The van der Waals surface area contributed by atoms with Gasteiger partial charge in [-0.05, 0) is 24.1 Å². The topological polar surface area (TPSA) is 93.4 Å². The Balaban J connectivity index is 2.68. The van der Waals surface area contributed by atoms with E-state index in [-0.39, 0.29) is 35.9 Å². The zero-order chi connectivity index (χ0) is 17.4. The average Bonchev–Trinajstić information content (AvgIpc) is 2.50. The summed E-state index contributed by atoms with van der Waals surface area (Å²) in [6, 6.07) is 4.77. The first kappa shape index (κ1) is 19.4. The van der Waals surface area contributed by atoms with Crippen molar-refractivity contribution in [1.29, 1.82) is 0 Å². The van der Waals surface area contributed by atoms with Crippen LogP contribution in [0.3, 0.4) is 0 Å². The van der Waals surface area contributed by atoms with Crippen LogP contribution in [0.2, 0.25) is 5.02 Å². The molecule has 0 aliphatic heterocycles. The maximum absolute atomic E-state index is 12.0. The smallest absolute Gasteiger partial charge is 0.252 e. The molecule has 0 aromatic heterocycles. The number of methoxy groups -OCH3 is 1. The number of anilines is 1. The van der Waals surface area contributed by atoms with Gasteiger partial charge in [-0.25, -0.2) is 0 Å². The Morgan fingerprint density at radius 1 is 1.35 bits per heavy atom. The van der Waals surface area contributed by atoms with Gasteiger partial charge in [0.1, 0.15) is 0 Å². The van der Waals surface area contributed by atoms with Gasteiger partial charge in [0.25, 0.3) is 5.91 Å². The molecule has 0 saturated carbocycles. The van der Waals surface area contributed by atoms with Crippen LogP contribution in [0.25, 0.3) is 0 Å². The average molecular weight is 342 g/mol. The summed E-state index contributed by atoms with van der Waals surface area (Å²) in [5.41, 5.74) is 6.38. The summed E-state index contributed by atoms with van der Waals surface area (Å²) < 4.78 is 5.06. The maximum Gasteiger partial charge on any atom is 0.252 e. The van der Waals surface area contributed by atoms with Crippen LogP contribution in [0.4, 0.5) is 5.69 Å². The van der Waals surface area contributed by atoms with E-state index in [1.165, 1.54) is 7.11 Å².